The molecule has 1 N–H and O–H groups in total. The van der Waals surface area contributed by atoms with Crippen molar-refractivity contribution >= 4 is 32.8 Å². The SMILES string of the molecule is Cn1cc(CNS(=O)(=O)c2cccc3nsnc23)cn1. The van der Waals surface area contributed by atoms with E-state index in [1.165, 1.54) is 6.07 Å². The van der Waals surface area contributed by atoms with E-state index in [0.29, 0.717) is 11.0 Å². The maximum absolute atomic E-state index is 12.3. The van der Waals surface area contributed by atoms with Crippen LogP contribution in [0.3, 0.4) is 0 Å². The van der Waals surface area contributed by atoms with Gasteiger partial charge in [-0.15, -0.1) is 0 Å². The highest BCUT2D eigenvalue weighted by Gasteiger charge is 2.19. The number of nitrogens with zero attached hydrogens (tertiary/aromatic N) is 4. The lowest BCUT2D eigenvalue weighted by molar-refractivity contribution is 0.582. The maximum Gasteiger partial charge on any atom is 0.243 e. The molecule has 0 unspecified atom stereocenters. The van der Waals surface area contributed by atoms with Crippen LogP contribution >= 0.6 is 11.7 Å². The third kappa shape index (κ3) is 2.42. The molecule has 2 aromatic heterocycles. The normalized spacial score (nSPS) is 12.1. The molecule has 0 atom stereocenters. The van der Waals surface area contributed by atoms with E-state index in [9.17, 15) is 8.42 Å². The number of hydrogen-bond acceptors (Lipinski definition) is 6. The lowest BCUT2D eigenvalue weighted by Crippen LogP contribution is -2.23. The fraction of sp³-hybridized carbons (Fsp3) is 0.182. The molecule has 0 aliphatic carbocycles. The molecule has 0 saturated heterocycles. The molecule has 3 rings (SSSR count). The van der Waals surface area contributed by atoms with Crippen LogP contribution in [-0.2, 0) is 23.6 Å². The molecule has 0 saturated carbocycles. The van der Waals surface area contributed by atoms with Crippen LogP contribution < -0.4 is 4.72 Å². The summed E-state index contributed by atoms with van der Waals surface area (Å²) in [4.78, 5) is 0.146. The average Bonchev–Trinajstić information content (AvgIpc) is 3.04. The number of nitrogens with one attached hydrogen (secondary N) is 1. The van der Waals surface area contributed by atoms with Gasteiger partial charge in [0.05, 0.1) is 17.9 Å². The molecular formula is C11H11N5O2S2. The van der Waals surface area contributed by atoms with Crippen LogP contribution in [0.25, 0.3) is 11.0 Å². The van der Waals surface area contributed by atoms with Gasteiger partial charge in [0.15, 0.2) is 0 Å². The standard InChI is InChI=1S/C11H11N5O2S2/c1-16-7-8(5-12-16)6-13-20(17,18)10-4-2-3-9-11(10)15-19-14-9/h2-5,7,13H,6H2,1H3. The van der Waals surface area contributed by atoms with Gasteiger partial charge in [0.25, 0.3) is 0 Å². The zero-order chi connectivity index (χ0) is 14.2. The van der Waals surface area contributed by atoms with Crippen molar-refractivity contribution in [3.63, 3.8) is 0 Å². The molecule has 0 aliphatic heterocycles. The van der Waals surface area contributed by atoms with E-state index < -0.39 is 10.0 Å². The Morgan fingerprint density at radius 1 is 1.35 bits per heavy atom. The Kier molecular flexibility index (Phi) is 3.24. The summed E-state index contributed by atoms with van der Waals surface area (Å²) in [7, 11) is -1.85. The minimum absolute atomic E-state index is 0.146. The molecule has 0 fully saturated rings. The van der Waals surface area contributed by atoms with Gasteiger partial charge in [0.1, 0.15) is 15.9 Å². The monoisotopic (exact) mass is 309 g/mol. The Labute approximate surface area is 119 Å². The van der Waals surface area contributed by atoms with Crippen LogP contribution in [0.15, 0.2) is 35.5 Å². The van der Waals surface area contributed by atoms with Gasteiger partial charge in [0.2, 0.25) is 10.0 Å². The number of hydrogen-bond donors (Lipinski definition) is 1. The van der Waals surface area contributed by atoms with E-state index in [2.05, 4.69) is 18.6 Å². The molecule has 1 aromatic carbocycles. The minimum atomic E-state index is -3.63. The number of aryl methyl sites for hydroxylation is 1. The second-order valence-electron chi connectivity index (χ2n) is 4.23. The van der Waals surface area contributed by atoms with E-state index in [0.717, 1.165) is 17.3 Å². The molecule has 3 aromatic rings. The van der Waals surface area contributed by atoms with Crippen LogP contribution in [-0.4, -0.2) is 26.9 Å². The highest BCUT2D eigenvalue weighted by molar-refractivity contribution is 7.89. The van der Waals surface area contributed by atoms with E-state index in [-0.39, 0.29) is 11.4 Å². The highest BCUT2D eigenvalue weighted by Crippen LogP contribution is 2.20. The summed E-state index contributed by atoms with van der Waals surface area (Å²) in [6, 6.07) is 4.91. The lowest BCUT2D eigenvalue weighted by Gasteiger charge is -2.05. The van der Waals surface area contributed by atoms with Gasteiger partial charge in [-0.25, -0.2) is 13.1 Å². The van der Waals surface area contributed by atoms with Gasteiger partial charge in [-0.2, -0.15) is 13.8 Å². The summed E-state index contributed by atoms with van der Waals surface area (Å²) in [6.07, 6.45) is 3.38. The van der Waals surface area contributed by atoms with Gasteiger partial charge < -0.3 is 0 Å². The van der Waals surface area contributed by atoms with Gasteiger partial charge in [-0.05, 0) is 12.1 Å². The van der Waals surface area contributed by atoms with Crippen LogP contribution in [0.4, 0.5) is 0 Å². The van der Waals surface area contributed by atoms with Crippen molar-refractivity contribution in [1.82, 2.24) is 23.2 Å². The Morgan fingerprint density at radius 3 is 2.95 bits per heavy atom. The quantitative estimate of drug-likeness (QED) is 0.773. The van der Waals surface area contributed by atoms with E-state index in [1.54, 1.807) is 36.3 Å². The molecule has 0 bridgehead atoms. The van der Waals surface area contributed by atoms with Gasteiger partial charge in [0, 0.05) is 25.4 Å². The van der Waals surface area contributed by atoms with Crippen molar-refractivity contribution in [2.75, 3.05) is 0 Å². The Balaban J connectivity index is 1.90. The number of benzene rings is 1. The molecule has 0 amide bonds. The summed E-state index contributed by atoms with van der Waals surface area (Å²) in [5.74, 6) is 0. The number of rotatable bonds is 4. The van der Waals surface area contributed by atoms with Crippen LogP contribution in [0.1, 0.15) is 5.56 Å². The van der Waals surface area contributed by atoms with E-state index in [1.807, 2.05) is 0 Å². The summed E-state index contributed by atoms with van der Waals surface area (Å²) in [5.41, 5.74) is 1.77. The predicted molar refractivity (Wildman–Crippen MR) is 74.6 cm³/mol. The molecule has 20 heavy (non-hydrogen) atoms. The molecule has 0 spiro atoms. The second-order valence-corrected chi connectivity index (χ2v) is 6.50. The zero-order valence-corrected chi connectivity index (χ0v) is 12.1. The summed E-state index contributed by atoms with van der Waals surface area (Å²) in [5, 5.41) is 3.99. The van der Waals surface area contributed by atoms with Gasteiger partial charge >= 0.3 is 0 Å². The fourth-order valence-electron chi connectivity index (χ4n) is 1.82. The van der Waals surface area contributed by atoms with Crippen molar-refractivity contribution in [1.29, 1.82) is 0 Å². The third-order valence-electron chi connectivity index (χ3n) is 2.76. The number of aromatic nitrogens is 4. The summed E-state index contributed by atoms with van der Waals surface area (Å²) in [6.45, 7) is 0.185. The van der Waals surface area contributed by atoms with Crippen LogP contribution in [0, 0.1) is 0 Å². The smallest absolute Gasteiger partial charge is 0.243 e. The van der Waals surface area contributed by atoms with Crippen molar-refractivity contribution in [3.8, 4) is 0 Å². The van der Waals surface area contributed by atoms with E-state index >= 15 is 0 Å². The van der Waals surface area contributed by atoms with Crippen LogP contribution in [0.2, 0.25) is 0 Å². The predicted octanol–water partition coefficient (Wildman–Crippen LogP) is 0.903. The first-order chi connectivity index (χ1) is 9.56. The lowest BCUT2D eigenvalue weighted by atomic mass is 10.3. The van der Waals surface area contributed by atoms with Crippen molar-refractivity contribution in [2.45, 2.75) is 11.4 Å². The molecule has 2 heterocycles. The number of fused-ring (bicyclic) bond motifs is 1. The Hall–Kier alpha value is -1.84. The fourth-order valence-corrected chi connectivity index (χ4v) is 3.60. The minimum Gasteiger partial charge on any atom is -0.275 e. The Morgan fingerprint density at radius 2 is 2.20 bits per heavy atom. The molecule has 0 radical (unpaired) electrons. The molecule has 9 heteroatoms. The Bertz CT molecular complexity index is 852. The topological polar surface area (TPSA) is 89.8 Å². The van der Waals surface area contributed by atoms with Gasteiger partial charge in [-0.3, -0.25) is 4.68 Å². The molecule has 104 valence electrons. The maximum atomic E-state index is 12.3. The zero-order valence-electron chi connectivity index (χ0n) is 10.5. The number of sulfonamides is 1. The molecule has 7 nitrogen and oxygen atoms in total. The molecular weight excluding hydrogens is 298 g/mol. The third-order valence-corrected chi connectivity index (χ3v) is 4.74. The summed E-state index contributed by atoms with van der Waals surface area (Å²) < 4.78 is 36.9. The second kappa shape index (κ2) is 4.93. The first kappa shape index (κ1) is 13.2. The van der Waals surface area contributed by atoms with Crippen molar-refractivity contribution in [2.24, 2.45) is 7.05 Å². The first-order valence-corrected chi connectivity index (χ1v) is 7.96. The highest BCUT2D eigenvalue weighted by atomic mass is 32.2. The molecule has 0 aliphatic rings. The van der Waals surface area contributed by atoms with E-state index in [4.69, 9.17) is 0 Å². The summed E-state index contributed by atoms with van der Waals surface area (Å²) >= 11 is 0.995. The van der Waals surface area contributed by atoms with Crippen LogP contribution in [0.5, 0.6) is 0 Å². The largest absolute Gasteiger partial charge is 0.275 e. The first-order valence-electron chi connectivity index (χ1n) is 5.75. The van der Waals surface area contributed by atoms with Gasteiger partial charge in [-0.1, -0.05) is 6.07 Å². The average molecular weight is 309 g/mol. The van der Waals surface area contributed by atoms with Crippen molar-refractivity contribution in [3.05, 3.63) is 36.2 Å². The van der Waals surface area contributed by atoms with Crippen molar-refractivity contribution < 1.29 is 8.42 Å².